The van der Waals surface area contributed by atoms with Gasteiger partial charge in [-0.3, -0.25) is 0 Å². The monoisotopic (exact) mass is 139 g/mol. The van der Waals surface area contributed by atoms with Gasteiger partial charge in [0.1, 0.15) is 0 Å². The maximum Gasteiger partial charge on any atom is 0.0101 e. The van der Waals surface area contributed by atoms with Gasteiger partial charge in [-0.2, -0.15) is 0 Å². The summed E-state index contributed by atoms with van der Waals surface area (Å²) in [6, 6.07) is 0.302. The molecule has 0 aromatic rings. The first-order valence-electron chi connectivity index (χ1n) is 3.86. The van der Waals surface area contributed by atoms with Crippen molar-refractivity contribution < 1.29 is 0 Å². The molecule has 0 amide bonds. The molecule has 1 nitrogen and oxygen atoms in total. The molecule has 0 heterocycles. The molecule has 0 aliphatic carbocycles. The molecule has 58 valence electrons. The van der Waals surface area contributed by atoms with Gasteiger partial charge in [-0.25, -0.2) is 0 Å². The van der Waals surface area contributed by atoms with E-state index >= 15 is 0 Å². The zero-order valence-electron chi connectivity index (χ0n) is 6.93. The standard InChI is InChI=1S/C9H17N/c1-4-5-6-9(10)7-8(2)3/h1,8-9H,5-7,10H2,2-3H3. The normalized spacial score (nSPS) is 13.1. The van der Waals surface area contributed by atoms with E-state index in [4.69, 9.17) is 12.2 Å². The van der Waals surface area contributed by atoms with Gasteiger partial charge in [-0.15, -0.1) is 12.3 Å². The molecule has 10 heavy (non-hydrogen) atoms. The average molecular weight is 139 g/mol. The summed E-state index contributed by atoms with van der Waals surface area (Å²) in [5.41, 5.74) is 5.77. The van der Waals surface area contributed by atoms with Crippen molar-refractivity contribution in [3.05, 3.63) is 0 Å². The van der Waals surface area contributed by atoms with Crippen LogP contribution in [0.3, 0.4) is 0 Å². The third-order valence-corrected chi connectivity index (χ3v) is 1.43. The molecule has 2 N–H and O–H groups in total. The van der Waals surface area contributed by atoms with Crippen molar-refractivity contribution in [1.82, 2.24) is 0 Å². The van der Waals surface area contributed by atoms with Crippen LogP contribution in [0.15, 0.2) is 0 Å². The molecular weight excluding hydrogens is 122 g/mol. The Morgan fingerprint density at radius 1 is 1.50 bits per heavy atom. The number of nitrogens with two attached hydrogens (primary N) is 1. The molecule has 0 fully saturated rings. The summed E-state index contributed by atoms with van der Waals surface area (Å²) < 4.78 is 0. The summed E-state index contributed by atoms with van der Waals surface area (Å²) in [6.45, 7) is 4.35. The molecule has 0 aliphatic heterocycles. The van der Waals surface area contributed by atoms with E-state index in [1.54, 1.807) is 0 Å². The summed E-state index contributed by atoms with van der Waals surface area (Å²) in [5.74, 6) is 3.28. The largest absolute Gasteiger partial charge is 0.328 e. The Morgan fingerprint density at radius 3 is 2.50 bits per heavy atom. The minimum absolute atomic E-state index is 0.302. The zero-order valence-corrected chi connectivity index (χ0v) is 6.93. The van der Waals surface area contributed by atoms with E-state index in [0.29, 0.717) is 12.0 Å². The van der Waals surface area contributed by atoms with Gasteiger partial charge in [-0.1, -0.05) is 13.8 Å². The van der Waals surface area contributed by atoms with Crippen LogP contribution in [0.2, 0.25) is 0 Å². The van der Waals surface area contributed by atoms with Crippen LogP contribution in [0.4, 0.5) is 0 Å². The van der Waals surface area contributed by atoms with E-state index in [1.165, 1.54) is 0 Å². The topological polar surface area (TPSA) is 26.0 Å². The quantitative estimate of drug-likeness (QED) is 0.590. The maximum atomic E-state index is 5.77. The Bertz CT molecular complexity index is 110. The lowest BCUT2D eigenvalue weighted by Crippen LogP contribution is -2.21. The number of rotatable bonds is 4. The highest BCUT2D eigenvalue weighted by Gasteiger charge is 2.03. The molecule has 0 saturated carbocycles. The number of hydrogen-bond donors (Lipinski definition) is 1. The van der Waals surface area contributed by atoms with E-state index in [2.05, 4.69) is 19.8 Å². The smallest absolute Gasteiger partial charge is 0.0101 e. The molecule has 0 saturated heterocycles. The van der Waals surface area contributed by atoms with Gasteiger partial charge < -0.3 is 5.73 Å². The SMILES string of the molecule is C#CCCC(N)CC(C)C. The fraction of sp³-hybridized carbons (Fsp3) is 0.778. The highest BCUT2D eigenvalue weighted by molar-refractivity contribution is 4.85. The minimum Gasteiger partial charge on any atom is -0.328 e. The van der Waals surface area contributed by atoms with Gasteiger partial charge in [0.15, 0.2) is 0 Å². The second-order valence-electron chi connectivity index (χ2n) is 3.13. The Morgan fingerprint density at radius 2 is 2.10 bits per heavy atom. The van der Waals surface area contributed by atoms with Gasteiger partial charge in [0.05, 0.1) is 0 Å². The van der Waals surface area contributed by atoms with Crippen LogP contribution in [-0.2, 0) is 0 Å². The van der Waals surface area contributed by atoms with Crippen LogP contribution in [0.5, 0.6) is 0 Å². The van der Waals surface area contributed by atoms with E-state index in [-0.39, 0.29) is 0 Å². The third-order valence-electron chi connectivity index (χ3n) is 1.43. The lowest BCUT2D eigenvalue weighted by molar-refractivity contribution is 0.477. The molecule has 0 aromatic carbocycles. The fourth-order valence-electron chi connectivity index (χ4n) is 0.992. The molecule has 0 radical (unpaired) electrons. The number of hydrogen-bond acceptors (Lipinski definition) is 1. The molecule has 0 aromatic heterocycles. The fourth-order valence-corrected chi connectivity index (χ4v) is 0.992. The highest BCUT2D eigenvalue weighted by atomic mass is 14.6. The molecule has 0 rings (SSSR count). The predicted molar refractivity (Wildman–Crippen MR) is 45.5 cm³/mol. The summed E-state index contributed by atoms with van der Waals surface area (Å²) >= 11 is 0. The van der Waals surface area contributed by atoms with E-state index in [0.717, 1.165) is 19.3 Å². The van der Waals surface area contributed by atoms with E-state index in [9.17, 15) is 0 Å². The van der Waals surface area contributed by atoms with Crippen LogP contribution in [-0.4, -0.2) is 6.04 Å². The second kappa shape index (κ2) is 5.32. The molecule has 0 spiro atoms. The summed E-state index contributed by atoms with van der Waals surface area (Å²) in [6.07, 6.45) is 7.97. The van der Waals surface area contributed by atoms with Crippen molar-refractivity contribution in [2.75, 3.05) is 0 Å². The lowest BCUT2D eigenvalue weighted by Gasteiger charge is -2.11. The maximum absolute atomic E-state index is 5.77. The van der Waals surface area contributed by atoms with Gasteiger partial charge in [0, 0.05) is 12.5 Å². The van der Waals surface area contributed by atoms with Crippen LogP contribution in [0.25, 0.3) is 0 Å². The minimum atomic E-state index is 0.302. The van der Waals surface area contributed by atoms with Crippen LogP contribution in [0, 0.1) is 18.3 Å². The average Bonchev–Trinajstić information content (AvgIpc) is 1.82. The Labute approximate surface area is 64.0 Å². The zero-order chi connectivity index (χ0) is 7.98. The first-order chi connectivity index (χ1) is 4.66. The van der Waals surface area contributed by atoms with E-state index < -0.39 is 0 Å². The molecule has 1 atom stereocenters. The third kappa shape index (κ3) is 5.65. The Hall–Kier alpha value is -0.480. The van der Waals surface area contributed by atoms with Crippen molar-refractivity contribution in [3.63, 3.8) is 0 Å². The first-order valence-corrected chi connectivity index (χ1v) is 3.86. The van der Waals surface area contributed by atoms with Crippen molar-refractivity contribution in [2.45, 2.75) is 39.2 Å². The van der Waals surface area contributed by atoms with Gasteiger partial charge in [-0.05, 0) is 18.8 Å². The molecule has 0 aliphatic rings. The summed E-state index contributed by atoms with van der Waals surface area (Å²) in [4.78, 5) is 0. The van der Waals surface area contributed by atoms with Crippen molar-refractivity contribution >= 4 is 0 Å². The van der Waals surface area contributed by atoms with Crippen molar-refractivity contribution in [2.24, 2.45) is 11.7 Å². The molecular formula is C9H17N. The van der Waals surface area contributed by atoms with Crippen LogP contribution < -0.4 is 5.73 Å². The van der Waals surface area contributed by atoms with Gasteiger partial charge in [0.2, 0.25) is 0 Å². The summed E-state index contributed by atoms with van der Waals surface area (Å²) in [5, 5.41) is 0. The second-order valence-corrected chi connectivity index (χ2v) is 3.13. The molecule has 1 heteroatoms. The first kappa shape index (κ1) is 9.52. The molecule has 0 bridgehead atoms. The van der Waals surface area contributed by atoms with Crippen LogP contribution >= 0.6 is 0 Å². The van der Waals surface area contributed by atoms with Crippen molar-refractivity contribution in [3.8, 4) is 12.3 Å². The highest BCUT2D eigenvalue weighted by Crippen LogP contribution is 2.06. The van der Waals surface area contributed by atoms with E-state index in [1.807, 2.05) is 0 Å². The van der Waals surface area contributed by atoms with Gasteiger partial charge in [0.25, 0.3) is 0 Å². The Balaban J connectivity index is 3.27. The van der Waals surface area contributed by atoms with Crippen molar-refractivity contribution in [1.29, 1.82) is 0 Å². The predicted octanol–water partition coefficient (Wildman–Crippen LogP) is 1.77. The lowest BCUT2D eigenvalue weighted by atomic mass is 10.0. The Kier molecular flexibility index (Phi) is 5.06. The van der Waals surface area contributed by atoms with Gasteiger partial charge >= 0.3 is 0 Å². The number of terminal acetylenes is 1. The van der Waals surface area contributed by atoms with Crippen LogP contribution in [0.1, 0.15) is 33.1 Å². The summed E-state index contributed by atoms with van der Waals surface area (Å²) in [7, 11) is 0. The molecule has 1 unspecified atom stereocenters.